The second kappa shape index (κ2) is 11.7. The number of rotatable bonds is 8. The molecule has 1 atom stereocenters. The molecule has 0 spiro atoms. The lowest BCUT2D eigenvalue weighted by molar-refractivity contribution is -0.119. The van der Waals surface area contributed by atoms with E-state index in [1.54, 1.807) is 16.8 Å². The highest BCUT2D eigenvalue weighted by molar-refractivity contribution is 6.39. The standard InChI is InChI=1S/C36H33Cl2N5O2/c1-42(30-12-13-32(44)41-30)21-25-20-40-31-18-24(14-17-43(31)35(25)45)27-5-3-7-29(34(27)38)28-6-2-4-26(33(28)37)23-10-8-22(9-11-23)19-36(39)15-16-36/h2-11,14,17-18,20,30H,12-13,15-16,19,21,39H2,1H3,(H,41,44)/t30-/m0/s1. The van der Waals surface area contributed by atoms with Crippen molar-refractivity contribution >= 4 is 34.8 Å². The van der Waals surface area contributed by atoms with Gasteiger partial charge in [-0.2, -0.15) is 0 Å². The molecular weight excluding hydrogens is 605 g/mol. The molecule has 9 heteroatoms. The van der Waals surface area contributed by atoms with E-state index < -0.39 is 0 Å². The molecule has 1 saturated carbocycles. The average Bonchev–Trinajstić information content (AvgIpc) is 3.60. The topological polar surface area (TPSA) is 92.7 Å². The van der Waals surface area contributed by atoms with Crippen LogP contribution in [0.3, 0.4) is 0 Å². The average molecular weight is 639 g/mol. The second-order valence-electron chi connectivity index (χ2n) is 12.3. The number of hydrogen-bond acceptors (Lipinski definition) is 5. The van der Waals surface area contributed by atoms with Gasteiger partial charge in [-0.1, -0.05) is 83.9 Å². The van der Waals surface area contributed by atoms with Crippen LogP contribution >= 0.6 is 23.2 Å². The van der Waals surface area contributed by atoms with Crippen molar-refractivity contribution in [2.24, 2.45) is 5.73 Å². The summed E-state index contributed by atoms with van der Waals surface area (Å²) >= 11 is 14.1. The molecule has 1 aliphatic carbocycles. The van der Waals surface area contributed by atoms with Crippen LogP contribution < -0.4 is 16.6 Å². The van der Waals surface area contributed by atoms with E-state index in [2.05, 4.69) is 34.6 Å². The van der Waals surface area contributed by atoms with E-state index in [9.17, 15) is 9.59 Å². The van der Waals surface area contributed by atoms with E-state index in [-0.39, 0.29) is 23.2 Å². The molecule has 2 aromatic heterocycles. The highest BCUT2D eigenvalue weighted by Crippen LogP contribution is 2.43. The number of carbonyl (C=O) groups is 1. The second-order valence-corrected chi connectivity index (χ2v) is 13.1. The normalized spacial score (nSPS) is 17.2. The first-order valence-corrected chi connectivity index (χ1v) is 15.9. The number of fused-ring (bicyclic) bond motifs is 1. The quantitative estimate of drug-likeness (QED) is 0.197. The largest absolute Gasteiger partial charge is 0.341 e. The third-order valence-electron chi connectivity index (χ3n) is 9.02. The maximum Gasteiger partial charge on any atom is 0.262 e. The molecule has 2 aliphatic rings. The predicted molar refractivity (Wildman–Crippen MR) is 180 cm³/mol. The van der Waals surface area contributed by atoms with E-state index in [4.69, 9.17) is 28.9 Å². The Morgan fingerprint density at radius 3 is 2.20 bits per heavy atom. The number of benzene rings is 3. The SMILES string of the molecule is CN(Cc1cnc2cc(-c3cccc(-c4cccc(-c5ccc(CC6(N)CC6)cc5)c4Cl)c3Cl)ccn2c1=O)[C@H]1CCC(=O)N1. The van der Waals surface area contributed by atoms with E-state index in [1.165, 1.54) is 5.56 Å². The third-order valence-corrected chi connectivity index (χ3v) is 9.83. The fourth-order valence-corrected chi connectivity index (χ4v) is 6.84. The number of pyridine rings is 1. The zero-order valence-electron chi connectivity index (χ0n) is 24.9. The summed E-state index contributed by atoms with van der Waals surface area (Å²) in [6, 6.07) is 24.1. The van der Waals surface area contributed by atoms with Crippen LogP contribution in [0.4, 0.5) is 0 Å². The number of nitrogens with one attached hydrogen (secondary N) is 1. The fourth-order valence-electron chi connectivity index (χ4n) is 6.17. The molecule has 0 radical (unpaired) electrons. The van der Waals surface area contributed by atoms with Crippen LogP contribution in [0.15, 0.2) is 90.0 Å². The molecule has 1 aliphatic heterocycles. The van der Waals surface area contributed by atoms with Gasteiger partial charge in [0.2, 0.25) is 5.91 Å². The van der Waals surface area contributed by atoms with E-state index in [0.717, 1.165) is 59.1 Å². The zero-order chi connectivity index (χ0) is 31.3. The van der Waals surface area contributed by atoms with Gasteiger partial charge in [-0.05, 0) is 61.6 Å². The Morgan fingerprint density at radius 2 is 1.58 bits per heavy atom. The molecule has 228 valence electrons. The van der Waals surface area contributed by atoms with Crippen molar-refractivity contribution < 1.29 is 4.79 Å². The molecule has 7 nitrogen and oxygen atoms in total. The first kappa shape index (κ1) is 29.7. The van der Waals surface area contributed by atoms with E-state index >= 15 is 0 Å². The molecule has 3 heterocycles. The first-order valence-electron chi connectivity index (χ1n) is 15.1. The van der Waals surface area contributed by atoms with Gasteiger partial charge < -0.3 is 11.1 Å². The van der Waals surface area contributed by atoms with Gasteiger partial charge in [0.25, 0.3) is 5.56 Å². The number of amides is 1. The monoisotopic (exact) mass is 637 g/mol. The Morgan fingerprint density at radius 1 is 0.933 bits per heavy atom. The summed E-state index contributed by atoms with van der Waals surface area (Å²) in [6.45, 7) is 0.383. The highest BCUT2D eigenvalue weighted by atomic mass is 35.5. The molecule has 5 aromatic rings. The van der Waals surface area contributed by atoms with Crippen molar-refractivity contribution in [1.29, 1.82) is 0 Å². The van der Waals surface area contributed by atoms with Gasteiger partial charge in [0.15, 0.2) is 0 Å². The molecule has 1 saturated heterocycles. The number of carbonyl (C=O) groups excluding carboxylic acids is 1. The summed E-state index contributed by atoms with van der Waals surface area (Å²) in [6.07, 6.45) is 7.54. The fraction of sp³-hybridized carbons (Fsp3) is 0.250. The molecule has 45 heavy (non-hydrogen) atoms. The van der Waals surface area contributed by atoms with Crippen LogP contribution in [-0.4, -0.2) is 38.9 Å². The van der Waals surface area contributed by atoms with Crippen LogP contribution in [0.5, 0.6) is 0 Å². The molecule has 7 rings (SSSR count). The first-order chi connectivity index (χ1) is 21.7. The van der Waals surface area contributed by atoms with Gasteiger partial charge in [-0.25, -0.2) is 4.98 Å². The lowest BCUT2D eigenvalue weighted by atomic mass is 9.95. The Labute approximate surface area is 271 Å². The summed E-state index contributed by atoms with van der Waals surface area (Å²) in [5, 5.41) is 4.13. The predicted octanol–water partition coefficient (Wildman–Crippen LogP) is 6.70. The van der Waals surface area contributed by atoms with Crippen molar-refractivity contribution in [3.8, 4) is 33.4 Å². The van der Waals surface area contributed by atoms with Crippen LogP contribution in [0.1, 0.15) is 36.8 Å². The number of nitrogens with zero attached hydrogens (tertiary/aromatic N) is 3. The molecule has 2 fully saturated rings. The Balaban J connectivity index is 1.17. The van der Waals surface area contributed by atoms with Gasteiger partial charge in [-0.15, -0.1) is 0 Å². The van der Waals surface area contributed by atoms with Gasteiger partial charge >= 0.3 is 0 Å². The van der Waals surface area contributed by atoms with Crippen molar-refractivity contribution in [2.75, 3.05) is 7.05 Å². The summed E-state index contributed by atoms with van der Waals surface area (Å²) in [7, 11) is 1.90. The number of aromatic nitrogens is 2. The number of hydrogen-bond donors (Lipinski definition) is 2. The molecular formula is C36H33Cl2N5O2. The van der Waals surface area contributed by atoms with Gasteiger partial charge in [-0.3, -0.25) is 18.9 Å². The third kappa shape index (κ3) is 5.89. The smallest absolute Gasteiger partial charge is 0.262 e. The summed E-state index contributed by atoms with van der Waals surface area (Å²) < 4.78 is 1.54. The molecule has 1 amide bonds. The molecule has 3 N–H and O–H groups in total. The number of halogens is 2. The van der Waals surface area contributed by atoms with Crippen LogP contribution in [0, 0.1) is 0 Å². The molecule has 3 aromatic carbocycles. The molecule has 0 bridgehead atoms. The van der Waals surface area contributed by atoms with Crippen molar-refractivity contribution in [1.82, 2.24) is 19.6 Å². The zero-order valence-corrected chi connectivity index (χ0v) is 26.4. The maximum atomic E-state index is 13.3. The van der Waals surface area contributed by atoms with Gasteiger partial charge in [0.1, 0.15) is 5.65 Å². The summed E-state index contributed by atoms with van der Waals surface area (Å²) in [4.78, 5) is 31.5. The molecule has 0 unspecified atom stereocenters. The minimum atomic E-state index is -0.144. The Hall–Kier alpha value is -4.01. The van der Waals surface area contributed by atoms with Crippen LogP contribution in [-0.2, 0) is 17.8 Å². The lowest BCUT2D eigenvalue weighted by Gasteiger charge is -2.23. The lowest BCUT2D eigenvalue weighted by Crippen LogP contribution is -2.41. The minimum Gasteiger partial charge on any atom is -0.341 e. The summed E-state index contributed by atoms with van der Waals surface area (Å²) in [5.74, 6) is 0.0323. The van der Waals surface area contributed by atoms with Crippen LogP contribution in [0.25, 0.3) is 39.0 Å². The van der Waals surface area contributed by atoms with Crippen LogP contribution in [0.2, 0.25) is 10.0 Å². The van der Waals surface area contributed by atoms with Gasteiger partial charge in [0, 0.05) is 53.2 Å². The van der Waals surface area contributed by atoms with Gasteiger partial charge in [0.05, 0.1) is 21.8 Å². The maximum absolute atomic E-state index is 13.3. The van der Waals surface area contributed by atoms with E-state index in [1.807, 2.05) is 60.5 Å². The number of nitrogens with two attached hydrogens (primary N) is 1. The Kier molecular flexibility index (Phi) is 7.74. The van der Waals surface area contributed by atoms with E-state index in [0.29, 0.717) is 34.2 Å². The highest BCUT2D eigenvalue weighted by Gasteiger charge is 2.37. The van der Waals surface area contributed by atoms with Crippen molar-refractivity contribution in [3.05, 3.63) is 117 Å². The Bertz CT molecular complexity index is 2000. The minimum absolute atomic E-state index is 0.0323. The summed E-state index contributed by atoms with van der Waals surface area (Å²) in [5.41, 5.74) is 13.7. The van der Waals surface area contributed by atoms with Crippen molar-refractivity contribution in [2.45, 2.75) is 50.4 Å². The van der Waals surface area contributed by atoms with Crippen molar-refractivity contribution in [3.63, 3.8) is 0 Å².